The number of carbonyl (C=O) groups excluding carboxylic acids is 1. The zero-order valence-corrected chi connectivity index (χ0v) is 16.1. The fourth-order valence-electron chi connectivity index (χ4n) is 2.70. The summed E-state index contributed by atoms with van der Waals surface area (Å²) in [6, 6.07) is 10.9. The van der Waals surface area contributed by atoms with Crippen molar-refractivity contribution in [3.63, 3.8) is 0 Å². The van der Waals surface area contributed by atoms with Gasteiger partial charge in [0.1, 0.15) is 0 Å². The Morgan fingerprint density at radius 1 is 1.07 bits per heavy atom. The maximum Gasteiger partial charge on any atom is 0.251 e. The first-order chi connectivity index (χ1) is 13.5. The zero-order valence-electron chi connectivity index (χ0n) is 16.1. The normalized spacial score (nSPS) is 10.4. The summed E-state index contributed by atoms with van der Waals surface area (Å²) in [5, 5.41) is 6.71. The summed E-state index contributed by atoms with van der Waals surface area (Å²) in [5.74, 6) is 1.65. The minimum atomic E-state index is -0.338. The van der Waals surface area contributed by atoms with Crippen LogP contribution < -0.4 is 19.5 Å². The van der Waals surface area contributed by atoms with Crippen molar-refractivity contribution in [3.8, 4) is 28.6 Å². The fourth-order valence-corrected chi connectivity index (χ4v) is 2.70. The first-order valence-corrected chi connectivity index (χ1v) is 8.53. The number of ether oxygens (including phenoxy) is 3. The summed E-state index contributed by atoms with van der Waals surface area (Å²) in [6.07, 6.45) is 0. The molecular weight excluding hydrogens is 362 g/mol. The summed E-state index contributed by atoms with van der Waals surface area (Å²) in [6.45, 7) is 2.08. The Morgan fingerprint density at radius 3 is 2.39 bits per heavy atom. The topological polar surface area (TPSA) is 95.7 Å². The number of nitrogens with zero attached hydrogens (tertiary/aromatic N) is 2. The van der Waals surface area contributed by atoms with Crippen LogP contribution in [-0.4, -0.2) is 37.4 Å². The molecule has 1 heterocycles. The van der Waals surface area contributed by atoms with Gasteiger partial charge in [-0.3, -0.25) is 4.79 Å². The van der Waals surface area contributed by atoms with E-state index in [2.05, 4.69) is 15.5 Å². The smallest absolute Gasteiger partial charge is 0.251 e. The van der Waals surface area contributed by atoms with E-state index < -0.39 is 0 Å². The standard InChI is InChI=1S/C20H21N3O5/c1-12-6-5-7-13(8-12)19-22-17(28-23-19)11-21-20(24)14-9-15(25-2)18(27-4)16(10-14)26-3/h5-10H,11H2,1-4H3,(H,21,24). The van der Waals surface area contributed by atoms with E-state index in [9.17, 15) is 4.79 Å². The lowest BCUT2D eigenvalue weighted by Crippen LogP contribution is -2.23. The van der Waals surface area contributed by atoms with Crippen LogP contribution in [0.3, 0.4) is 0 Å². The van der Waals surface area contributed by atoms with Gasteiger partial charge in [-0.15, -0.1) is 0 Å². The van der Waals surface area contributed by atoms with E-state index in [0.29, 0.717) is 34.5 Å². The lowest BCUT2D eigenvalue weighted by Gasteiger charge is -2.13. The Kier molecular flexibility index (Phi) is 5.78. The second-order valence-corrected chi connectivity index (χ2v) is 5.98. The van der Waals surface area contributed by atoms with Crippen LogP contribution in [0.2, 0.25) is 0 Å². The van der Waals surface area contributed by atoms with Gasteiger partial charge in [0.25, 0.3) is 5.91 Å². The SMILES string of the molecule is COc1cc(C(=O)NCc2nc(-c3cccc(C)c3)no2)cc(OC)c1OC. The van der Waals surface area contributed by atoms with Gasteiger partial charge in [0.05, 0.1) is 27.9 Å². The van der Waals surface area contributed by atoms with E-state index in [-0.39, 0.29) is 12.5 Å². The van der Waals surface area contributed by atoms with Crippen molar-refractivity contribution in [2.75, 3.05) is 21.3 Å². The maximum absolute atomic E-state index is 12.5. The minimum Gasteiger partial charge on any atom is -0.493 e. The average Bonchev–Trinajstić information content (AvgIpc) is 3.19. The molecule has 146 valence electrons. The summed E-state index contributed by atoms with van der Waals surface area (Å²) in [5.41, 5.74) is 2.30. The Labute approximate surface area is 162 Å². The molecule has 8 nitrogen and oxygen atoms in total. The van der Waals surface area contributed by atoms with Crippen molar-refractivity contribution in [1.82, 2.24) is 15.5 Å². The lowest BCUT2D eigenvalue weighted by molar-refractivity contribution is 0.0945. The highest BCUT2D eigenvalue weighted by Gasteiger charge is 2.17. The molecule has 0 saturated heterocycles. The fraction of sp³-hybridized carbons (Fsp3) is 0.250. The number of hydrogen-bond acceptors (Lipinski definition) is 7. The maximum atomic E-state index is 12.5. The van der Waals surface area contributed by atoms with Crippen molar-refractivity contribution < 1.29 is 23.5 Å². The number of rotatable bonds is 7. The monoisotopic (exact) mass is 383 g/mol. The van der Waals surface area contributed by atoms with E-state index in [1.165, 1.54) is 21.3 Å². The van der Waals surface area contributed by atoms with Gasteiger partial charge in [0, 0.05) is 11.1 Å². The highest BCUT2D eigenvalue weighted by molar-refractivity contribution is 5.95. The van der Waals surface area contributed by atoms with Gasteiger partial charge in [0.15, 0.2) is 11.5 Å². The minimum absolute atomic E-state index is 0.0916. The molecule has 1 aromatic heterocycles. The quantitative estimate of drug-likeness (QED) is 0.670. The van der Waals surface area contributed by atoms with Gasteiger partial charge in [-0.05, 0) is 25.1 Å². The Bertz CT molecular complexity index is 958. The first-order valence-electron chi connectivity index (χ1n) is 8.53. The summed E-state index contributed by atoms with van der Waals surface area (Å²) < 4.78 is 21.0. The molecule has 0 atom stereocenters. The summed E-state index contributed by atoms with van der Waals surface area (Å²) >= 11 is 0. The molecule has 0 aliphatic heterocycles. The van der Waals surface area contributed by atoms with Crippen LogP contribution in [0.1, 0.15) is 21.8 Å². The molecule has 0 unspecified atom stereocenters. The second kappa shape index (κ2) is 8.43. The largest absolute Gasteiger partial charge is 0.493 e. The molecule has 0 saturated carbocycles. The number of aryl methyl sites for hydroxylation is 1. The average molecular weight is 383 g/mol. The molecule has 3 rings (SSSR count). The van der Waals surface area contributed by atoms with Crippen molar-refractivity contribution in [2.45, 2.75) is 13.5 Å². The van der Waals surface area contributed by atoms with Crippen molar-refractivity contribution >= 4 is 5.91 Å². The molecule has 2 aromatic carbocycles. The molecule has 0 aliphatic carbocycles. The van der Waals surface area contributed by atoms with E-state index in [1.54, 1.807) is 12.1 Å². The Balaban J connectivity index is 1.72. The molecule has 8 heteroatoms. The van der Waals surface area contributed by atoms with E-state index in [0.717, 1.165) is 11.1 Å². The van der Waals surface area contributed by atoms with Crippen molar-refractivity contribution in [1.29, 1.82) is 0 Å². The molecule has 0 fully saturated rings. The molecule has 0 aliphatic rings. The third-order valence-corrected chi connectivity index (χ3v) is 4.07. The highest BCUT2D eigenvalue weighted by atomic mass is 16.5. The lowest BCUT2D eigenvalue weighted by atomic mass is 10.1. The highest BCUT2D eigenvalue weighted by Crippen LogP contribution is 2.38. The summed E-state index contributed by atoms with van der Waals surface area (Å²) in [4.78, 5) is 16.8. The molecule has 0 radical (unpaired) electrons. The van der Waals surface area contributed by atoms with E-state index >= 15 is 0 Å². The van der Waals surface area contributed by atoms with Gasteiger partial charge >= 0.3 is 0 Å². The Morgan fingerprint density at radius 2 is 1.79 bits per heavy atom. The predicted molar refractivity (Wildman–Crippen MR) is 102 cm³/mol. The van der Waals surface area contributed by atoms with E-state index in [4.69, 9.17) is 18.7 Å². The third-order valence-electron chi connectivity index (χ3n) is 4.07. The molecular formula is C20H21N3O5. The van der Waals surface area contributed by atoms with E-state index in [1.807, 2.05) is 31.2 Å². The zero-order chi connectivity index (χ0) is 20.1. The molecule has 3 aromatic rings. The third kappa shape index (κ3) is 4.06. The number of hydrogen-bond donors (Lipinski definition) is 1. The van der Waals surface area contributed by atoms with Crippen LogP contribution in [0.15, 0.2) is 40.9 Å². The number of carbonyl (C=O) groups is 1. The molecule has 28 heavy (non-hydrogen) atoms. The van der Waals surface area contributed by atoms with Gasteiger partial charge in [-0.2, -0.15) is 4.98 Å². The molecule has 0 spiro atoms. The molecule has 0 bridgehead atoms. The van der Waals surface area contributed by atoms with Crippen LogP contribution in [-0.2, 0) is 6.54 Å². The van der Waals surface area contributed by atoms with Crippen LogP contribution >= 0.6 is 0 Å². The predicted octanol–water partition coefficient (Wildman–Crippen LogP) is 3.00. The number of benzene rings is 2. The second-order valence-electron chi connectivity index (χ2n) is 5.98. The van der Waals surface area contributed by atoms with Gasteiger partial charge in [0.2, 0.25) is 17.5 Å². The van der Waals surface area contributed by atoms with Gasteiger partial charge < -0.3 is 24.1 Å². The number of aromatic nitrogens is 2. The van der Waals surface area contributed by atoms with Crippen LogP contribution in [0.4, 0.5) is 0 Å². The van der Waals surface area contributed by atoms with Crippen LogP contribution in [0.25, 0.3) is 11.4 Å². The molecule has 1 N–H and O–H groups in total. The van der Waals surface area contributed by atoms with Crippen molar-refractivity contribution in [2.24, 2.45) is 0 Å². The van der Waals surface area contributed by atoms with Gasteiger partial charge in [-0.1, -0.05) is 28.9 Å². The summed E-state index contributed by atoms with van der Waals surface area (Å²) in [7, 11) is 4.48. The first kappa shape index (κ1) is 19.2. The van der Waals surface area contributed by atoms with Crippen LogP contribution in [0.5, 0.6) is 17.2 Å². The number of nitrogens with one attached hydrogen (secondary N) is 1. The van der Waals surface area contributed by atoms with Crippen LogP contribution in [0, 0.1) is 6.92 Å². The van der Waals surface area contributed by atoms with Gasteiger partial charge in [-0.25, -0.2) is 0 Å². The number of amides is 1. The Hall–Kier alpha value is -3.55. The van der Waals surface area contributed by atoms with Crippen molar-refractivity contribution in [3.05, 3.63) is 53.4 Å². The molecule has 1 amide bonds. The number of methoxy groups -OCH3 is 3.